The average Bonchev–Trinajstić information content (AvgIpc) is 3.41. The van der Waals surface area contributed by atoms with Gasteiger partial charge in [0.15, 0.2) is 0 Å². The molecule has 0 saturated carbocycles. The molecule has 0 spiro atoms. The number of fused-ring (bicyclic) bond motifs is 2. The first kappa shape index (κ1) is 24.4. The Bertz CT molecular complexity index is 1460. The van der Waals surface area contributed by atoms with Gasteiger partial charge in [0, 0.05) is 42.3 Å². The Balaban J connectivity index is 1.71. The van der Waals surface area contributed by atoms with Crippen LogP contribution in [-0.2, 0) is 0 Å². The molecule has 1 aromatic heterocycles. The maximum atomic E-state index is 6.40. The van der Waals surface area contributed by atoms with Crippen molar-refractivity contribution >= 4 is 23.2 Å². The quantitative estimate of drug-likeness (QED) is 0.369. The highest BCUT2D eigenvalue weighted by atomic mass is 35.5. The zero-order chi connectivity index (χ0) is 26.1. The smallest absolute Gasteiger partial charge is 0.250 e. The van der Waals surface area contributed by atoms with Gasteiger partial charge in [-0.15, -0.1) is 0 Å². The van der Waals surface area contributed by atoms with Gasteiger partial charge >= 0.3 is 0 Å². The molecule has 0 amide bonds. The van der Waals surface area contributed by atoms with Crippen LogP contribution in [0.2, 0.25) is 5.02 Å². The van der Waals surface area contributed by atoms with E-state index in [9.17, 15) is 0 Å². The van der Waals surface area contributed by atoms with Gasteiger partial charge in [0.25, 0.3) is 5.95 Å². The van der Waals surface area contributed by atoms with Crippen LogP contribution in [0.4, 0.5) is 11.6 Å². The Hall–Kier alpha value is -4.30. The van der Waals surface area contributed by atoms with Crippen LogP contribution in [0.15, 0.2) is 91.4 Å². The standard InChI is InChI=1S/C28H28ClN7O/c1-5-34(2)25(17-30)26(18-9-12-22(37-4)13-10-18)19-11-14-24-23(16-19)27(20-7-6-8-21(29)15-20)36-28(35(24)3)31-32-33-36/h5-17,26-27H,1,30H2,2-4H3/b25-17-. The van der Waals surface area contributed by atoms with E-state index < -0.39 is 0 Å². The molecular formula is C28H28ClN7O. The third-order valence-electron chi connectivity index (χ3n) is 6.82. The molecule has 2 N–H and O–H groups in total. The summed E-state index contributed by atoms with van der Waals surface area (Å²) in [7, 11) is 5.56. The van der Waals surface area contributed by atoms with Crippen LogP contribution < -0.4 is 15.4 Å². The molecule has 3 aromatic carbocycles. The lowest BCUT2D eigenvalue weighted by Gasteiger charge is -2.34. The molecule has 0 radical (unpaired) electrons. The lowest BCUT2D eigenvalue weighted by molar-refractivity contribution is 0.414. The predicted octanol–water partition coefficient (Wildman–Crippen LogP) is 5.06. The van der Waals surface area contributed by atoms with Gasteiger partial charge in [-0.05, 0) is 63.6 Å². The number of anilines is 2. The van der Waals surface area contributed by atoms with E-state index in [0.717, 1.165) is 39.4 Å². The molecule has 0 fully saturated rings. The van der Waals surface area contributed by atoms with Crippen LogP contribution in [0, 0.1) is 0 Å². The normalized spacial score (nSPS) is 15.5. The minimum atomic E-state index is -0.256. The second-order valence-electron chi connectivity index (χ2n) is 8.85. The summed E-state index contributed by atoms with van der Waals surface area (Å²) < 4.78 is 7.22. The highest BCUT2D eigenvalue weighted by molar-refractivity contribution is 6.30. The fourth-order valence-corrected chi connectivity index (χ4v) is 5.14. The van der Waals surface area contributed by atoms with Crippen LogP contribution in [0.5, 0.6) is 5.75 Å². The lowest BCUT2D eigenvalue weighted by atomic mass is 9.84. The summed E-state index contributed by atoms with van der Waals surface area (Å²) in [6.45, 7) is 3.95. The molecule has 0 aliphatic carbocycles. The SMILES string of the molecule is C=CN(C)/C(=C\N)C(c1ccc(OC)cc1)c1ccc2c(c1)C(c1cccc(Cl)c1)n1nnnc1N2C. The van der Waals surface area contributed by atoms with Gasteiger partial charge in [-0.2, -0.15) is 4.68 Å². The van der Waals surface area contributed by atoms with E-state index in [4.69, 9.17) is 22.1 Å². The van der Waals surface area contributed by atoms with Crippen LogP contribution in [-0.4, -0.2) is 46.3 Å². The van der Waals surface area contributed by atoms with Crippen molar-refractivity contribution in [2.45, 2.75) is 12.0 Å². The Morgan fingerprint density at radius 3 is 2.57 bits per heavy atom. The molecule has 2 unspecified atom stereocenters. The number of allylic oxidation sites excluding steroid dienone is 1. The minimum absolute atomic E-state index is 0.162. The predicted molar refractivity (Wildman–Crippen MR) is 146 cm³/mol. The number of nitrogens with two attached hydrogens (primary N) is 1. The Kier molecular flexibility index (Phi) is 6.58. The Labute approximate surface area is 221 Å². The topological polar surface area (TPSA) is 85.3 Å². The van der Waals surface area contributed by atoms with Crippen molar-refractivity contribution in [3.05, 3.63) is 119 Å². The summed E-state index contributed by atoms with van der Waals surface area (Å²) in [5, 5.41) is 13.2. The van der Waals surface area contributed by atoms with E-state index in [1.807, 2.05) is 65.0 Å². The number of aromatic nitrogens is 4. The summed E-state index contributed by atoms with van der Waals surface area (Å²) in [6.07, 6.45) is 3.39. The van der Waals surface area contributed by atoms with Crippen molar-refractivity contribution in [3.63, 3.8) is 0 Å². The van der Waals surface area contributed by atoms with Crippen molar-refractivity contribution in [2.75, 3.05) is 26.1 Å². The van der Waals surface area contributed by atoms with E-state index >= 15 is 0 Å². The number of halogens is 1. The molecule has 2 heterocycles. The van der Waals surface area contributed by atoms with Crippen LogP contribution in [0.3, 0.4) is 0 Å². The number of nitrogens with zero attached hydrogens (tertiary/aromatic N) is 6. The van der Waals surface area contributed by atoms with Crippen molar-refractivity contribution < 1.29 is 4.74 Å². The maximum absolute atomic E-state index is 6.40. The summed E-state index contributed by atoms with van der Waals surface area (Å²) in [5.41, 5.74) is 12.3. The van der Waals surface area contributed by atoms with E-state index in [1.54, 1.807) is 19.5 Å². The summed E-state index contributed by atoms with van der Waals surface area (Å²) in [5.74, 6) is 1.29. The zero-order valence-corrected chi connectivity index (χ0v) is 21.7. The summed E-state index contributed by atoms with van der Waals surface area (Å²) >= 11 is 6.40. The van der Waals surface area contributed by atoms with E-state index in [-0.39, 0.29) is 12.0 Å². The number of hydrogen-bond donors (Lipinski definition) is 1. The number of tetrazole rings is 1. The maximum Gasteiger partial charge on any atom is 0.250 e. The number of methoxy groups -OCH3 is 1. The monoisotopic (exact) mass is 513 g/mol. The fourth-order valence-electron chi connectivity index (χ4n) is 4.94. The Morgan fingerprint density at radius 2 is 1.89 bits per heavy atom. The first-order valence-electron chi connectivity index (χ1n) is 11.8. The largest absolute Gasteiger partial charge is 0.497 e. The molecule has 5 rings (SSSR count). The number of ether oxygens (including phenoxy) is 1. The van der Waals surface area contributed by atoms with Gasteiger partial charge in [-0.1, -0.05) is 59.7 Å². The van der Waals surface area contributed by atoms with Gasteiger partial charge in [-0.3, -0.25) is 0 Å². The number of likely N-dealkylation sites (N-methyl/N-ethyl adjacent to an activating group) is 1. The lowest BCUT2D eigenvalue weighted by Crippen LogP contribution is -2.29. The van der Waals surface area contributed by atoms with E-state index in [2.05, 4.69) is 52.4 Å². The van der Waals surface area contributed by atoms with E-state index in [0.29, 0.717) is 11.0 Å². The van der Waals surface area contributed by atoms with Gasteiger partial charge in [0.05, 0.1) is 13.0 Å². The highest BCUT2D eigenvalue weighted by Gasteiger charge is 2.34. The average molecular weight is 514 g/mol. The third kappa shape index (κ3) is 4.29. The van der Waals surface area contributed by atoms with Crippen LogP contribution in [0.1, 0.15) is 34.2 Å². The molecule has 8 nitrogen and oxygen atoms in total. The Morgan fingerprint density at radius 1 is 1.14 bits per heavy atom. The molecule has 0 bridgehead atoms. The fraction of sp³-hybridized carbons (Fsp3) is 0.179. The van der Waals surface area contributed by atoms with Crippen LogP contribution >= 0.6 is 11.6 Å². The zero-order valence-electron chi connectivity index (χ0n) is 20.9. The molecule has 0 saturated heterocycles. The number of benzene rings is 3. The van der Waals surface area contributed by atoms with Crippen molar-refractivity contribution in [1.82, 2.24) is 25.1 Å². The van der Waals surface area contributed by atoms with Gasteiger partial charge in [0.2, 0.25) is 0 Å². The molecule has 4 aromatic rings. The highest BCUT2D eigenvalue weighted by Crippen LogP contribution is 2.44. The second kappa shape index (κ2) is 9.99. The molecule has 1 aliphatic rings. The molecule has 9 heteroatoms. The number of rotatable bonds is 7. The van der Waals surface area contributed by atoms with Crippen molar-refractivity contribution in [1.29, 1.82) is 0 Å². The molecule has 1 aliphatic heterocycles. The first-order valence-corrected chi connectivity index (χ1v) is 12.2. The van der Waals surface area contributed by atoms with Crippen LogP contribution in [0.25, 0.3) is 0 Å². The molecule has 188 valence electrons. The van der Waals surface area contributed by atoms with Gasteiger partial charge < -0.3 is 20.3 Å². The van der Waals surface area contributed by atoms with E-state index in [1.165, 1.54) is 0 Å². The van der Waals surface area contributed by atoms with Crippen molar-refractivity contribution in [2.24, 2.45) is 5.73 Å². The first-order chi connectivity index (χ1) is 18.0. The summed E-state index contributed by atoms with van der Waals surface area (Å²) in [6, 6.07) is 22.0. The number of hydrogen-bond acceptors (Lipinski definition) is 7. The molecule has 37 heavy (non-hydrogen) atoms. The third-order valence-corrected chi connectivity index (χ3v) is 7.06. The molecule has 2 atom stereocenters. The van der Waals surface area contributed by atoms with Gasteiger partial charge in [-0.25, -0.2) is 0 Å². The van der Waals surface area contributed by atoms with Gasteiger partial charge in [0.1, 0.15) is 11.8 Å². The second-order valence-corrected chi connectivity index (χ2v) is 9.29. The summed E-state index contributed by atoms with van der Waals surface area (Å²) in [4.78, 5) is 3.94. The minimum Gasteiger partial charge on any atom is -0.497 e. The molecular weight excluding hydrogens is 486 g/mol. The van der Waals surface area contributed by atoms with Crippen molar-refractivity contribution in [3.8, 4) is 5.75 Å².